The molecule has 0 atom stereocenters. The van der Waals surface area contributed by atoms with Gasteiger partial charge in [0.15, 0.2) is 0 Å². The Labute approximate surface area is 108 Å². The van der Waals surface area contributed by atoms with Gasteiger partial charge in [-0.25, -0.2) is 9.52 Å². The molecule has 7 nitrogen and oxygen atoms in total. The summed E-state index contributed by atoms with van der Waals surface area (Å²) in [6.45, 7) is 2.34. The maximum Gasteiger partial charge on any atom is 0.421 e. The van der Waals surface area contributed by atoms with Crippen LogP contribution < -0.4 is 15.2 Å². The van der Waals surface area contributed by atoms with Gasteiger partial charge in [0.05, 0.1) is 7.11 Å². The molecule has 0 bridgehead atoms. The lowest BCUT2D eigenvalue weighted by atomic mass is 9.78. The Morgan fingerprint density at radius 3 is 2.44 bits per heavy atom. The maximum atomic E-state index is 11.7. The van der Waals surface area contributed by atoms with E-state index in [0.29, 0.717) is 18.8 Å². The Kier molecular flexibility index (Phi) is 4.94. The van der Waals surface area contributed by atoms with E-state index in [1.165, 1.54) is 0 Å². The fourth-order valence-corrected chi connectivity index (χ4v) is 3.34. The molecule has 0 aromatic heterocycles. The average molecular weight is 279 g/mol. The lowest BCUT2D eigenvalue weighted by Gasteiger charge is -2.38. The number of amides is 1. The fourth-order valence-electron chi connectivity index (χ4n) is 2.12. The van der Waals surface area contributed by atoms with Crippen molar-refractivity contribution in [3.8, 4) is 0 Å². The third kappa shape index (κ3) is 4.11. The van der Waals surface area contributed by atoms with Gasteiger partial charge in [0.1, 0.15) is 0 Å². The summed E-state index contributed by atoms with van der Waals surface area (Å²) in [5.41, 5.74) is 5.02. The molecular formula is C10H21N3O4S. The van der Waals surface area contributed by atoms with Gasteiger partial charge in [-0.1, -0.05) is 6.92 Å². The fraction of sp³-hybridized carbons (Fsp3) is 0.900. The maximum absolute atomic E-state index is 11.7. The van der Waals surface area contributed by atoms with E-state index < -0.39 is 21.8 Å². The molecule has 0 aromatic carbocycles. The first-order chi connectivity index (χ1) is 8.32. The minimum absolute atomic E-state index is 0.210. The normalized spacial score (nSPS) is 28.7. The highest BCUT2D eigenvalue weighted by molar-refractivity contribution is 7.88. The second-order valence-electron chi connectivity index (χ2n) is 4.87. The van der Waals surface area contributed by atoms with E-state index in [1.807, 2.05) is 0 Å². The summed E-state index contributed by atoms with van der Waals surface area (Å²) in [6.07, 6.45) is 2.16. The molecule has 0 aliphatic heterocycles. The molecule has 1 aliphatic carbocycles. The van der Waals surface area contributed by atoms with Crippen molar-refractivity contribution in [2.24, 2.45) is 11.7 Å². The zero-order valence-corrected chi connectivity index (χ0v) is 11.5. The minimum Gasteiger partial charge on any atom is -0.452 e. The Morgan fingerprint density at radius 2 is 2.00 bits per heavy atom. The Bertz CT molecular complexity index is 388. The van der Waals surface area contributed by atoms with E-state index in [4.69, 9.17) is 5.73 Å². The molecule has 4 N–H and O–H groups in total. The van der Waals surface area contributed by atoms with Crippen molar-refractivity contribution in [3.05, 3.63) is 0 Å². The molecule has 8 heteroatoms. The standard InChI is InChI=1S/C10H21N3O4S/c1-8-3-5-10(7-11,6-4-8)13-18(15,16)12-9(14)17-2/h8,13H,3-7,11H2,1-2H3,(H,12,14). The van der Waals surface area contributed by atoms with Crippen molar-refractivity contribution < 1.29 is 17.9 Å². The van der Waals surface area contributed by atoms with Gasteiger partial charge in [0.2, 0.25) is 0 Å². The van der Waals surface area contributed by atoms with Crippen molar-refractivity contribution in [1.82, 2.24) is 9.44 Å². The summed E-state index contributed by atoms with van der Waals surface area (Å²) >= 11 is 0. The molecule has 0 spiro atoms. The zero-order valence-electron chi connectivity index (χ0n) is 10.7. The topological polar surface area (TPSA) is 111 Å². The summed E-state index contributed by atoms with van der Waals surface area (Å²) in [7, 11) is -2.83. The van der Waals surface area contributed by atoms with Crippen molar-refractivity contribution in [1.29, 1.82) is 0 Å². The van der Waals surface area contributed by atoms with Crippen LogP contribution in [0.5, 0.6) is 0 Å². The lowest BCUT2D eigenvalue weighted by Crippen LogP contribution is -2.58. The van der Waals surface area contributed by atoms with Gasteiger partial charge in [-0.05, 0) is 31.6 Å². The van der Waals surface area contributed by atoms with Crippen molar-refractivity contribution in [2.45, 2.75) is 38.1 Å². The minimum atomic E-state index is -3.94. The van der Waals surface area contributed by atoms with Gasteiger partial charge in [0, 0.05) is 12.1 Å². The number of nitrogens with two attached hydrogens (primary N) is 1. The molecule has 1 amide bonds. The summed E-state index contributed by atoms with van der Waals surface area (Å²) in [6, 6.07) is 0. The van der Waals surface area contributed by atoms with E-state index >= 15 is 0 Å². The average Bonchev–Trinajstić information content (AvgIpc) is 2.31. The molecule has 1 fully saturated rings. The number of ether oxygens (including phenoxy) is 1. The predicted octanol–water partition coefficient (Wildman–Crippen LogP) is 0.0844. The predicted molar refractivity (Wildman–Crippen MR) is 67.0 cm³/mol. The molecule has 0 heterocycles. The largest absolute Gasteiger partial charge is 0.452 e. The van der Waals surface area contributed by atoms with Crippen LogP contribution in [0.3, 0.4) is 0 Å². The van der Waals surface area contributed by atoms with Gasteiger partial charge in [0.25, 0.3) is 0 Å². The first-order valence-electron chi connectivity index (χ1n) is 5.92. The monoisotopic (exact) mass is 279 g/mol. The molecule has 106 valence electrons. The van der Waals surface area contributed by atoms with Crippen LogP contribution in [0.25, 0.3) is 0 Å². The van der Waals surface area contributed by atoms with Crippen molar-refractivity contribution in [3.63, 3.8) is 0 Å². The molecule has 1 saturated carbocycles. The van der Waals surface area contributed by atoms with Gasteiger partial charge in [-0.2, -0.15) is 13.1 Å². The summed E-state index contributed by atoms with van der Waals surface area (Å²) in [5.74, 6) is 0.572. The molecule has 1 rings (SSSR count). The second-order valence-corrected chi connectivity index (χ2v) is 6.28. The highest BCUT2D eigenvalue weighted by atomic mass is 32.2. The van der Waals surface area contributed by atoms with Crippen LogP contribution in [0, 0.1) is 5.92 Å². The van der Waals surface area contributed by atoms with Crippen LogP contribution in [0.2, 0.25) is 0 Å². The highest BCUT2D eigenvalue weighted by Crippen LogP contribution is 2.31. The second kappa shape index (κ2) is 5.85. The van der Waals surface area contributed by atoms with Gasteiger partial charge in [-0.15, -0.1) is 0 Å². The van der Waals surface area contributed by atoms with Crippen LogP contribution in [0.4, 0.5) is 4.79 Å². The SMILES string of the molecule is COC(=O)NS(=O)(=O)NC1(CN)CCC(C)CC1. The van der Waals surface area contributed by atoms with Crippen molar-refractivity contribution >= 4 is 16.3 Å². The summed E-state index contributed by atoms with van der Waals surface area (Å²) in [4.78, 5) is 10.9. The lowest BCUT2D eigenvalue weighted by molar-refractivity contribution is 0.177. The zero-order chi connectivity index (χ0) is 13.8. The van der Waals surface area contributed by atoms with E-state index in [2.05, 4.69) is 16.4 Å². The number of carbonyl (C=O) groups is 1. The van der Waals surface area contributed by atoms with Gasteiger partial charge < -0.3 is 10.5 Å². The third-order valence-electron chi connectivity index (χ3n) is 3.38. The van der Waals surface area contributed by atoms with Gasteiger partial charge >= 0.3 is 16.3 Å². The van der Waals surface area contributed by atoms with Crippen molar-refractivity contribution in [2.75, 3.05) is 13.7 Å². The number of carbonyl (C=O) groups excluding carboxylic acids is 1. The smallest absolute Gasteiger partial charge is 0.421 e. The molecule has 18 heavy (non-hydrogen) atoms. The molecule has 0 aromatic rings. The number of hydrogen-bond donors (Lipinski definition) is 3. The van der Waals surface area contributed by atoms with E-state index in [1.54, 1.807) is 4.72 Å². The van der Waals surface area contributed by atoms with E-state index in [-0.39, 0.29) is 6.54 Å². The Balaban J connectivity index is 2.70. The quantitative estimate of drug-likeness (QED) is 0.675. The van der Waals surface area contributed by atoms with E-state index in [0.717, 1.165) is 20.0 Å². The van der Waals surface area contributed by atoms with Gasteiger partial charge in [-0.3, -0.25) is 0 Å². The molecule has 0 unspecified atom stereocenters. The molecule has 0 saturated heterocycles. The number of nitrogens with one attached hydrogen (secondary N) is 2. The molecule has 0 radical (unpaired) electrons. The first-order valence-corrected chi connectivity index (χ1v) is 7.40. The highest BCUT2D eigenvalue weighted by Gasteiger charge is 2.37. The number of hydrogen-bond acceptors (Lipinski definition) is 5. The van der Waals surface area contributed by atoms with Crippen LogP contribution in [0.1, 0.15) is 32.6 Å². The van der Waals surface area contributed by atoms with Crippen LogP contribution in [-0.4, -0.2) is 33.7 Å². The third-order valence-corrected chi connectivity index (χ3v) is 4.51. The van der Waals surface area contributed by atoms with Crippen LogP contribution in [-0.2, 0) is 14.9 Å². The Morgan fingerprint density at radius 1 is 1.44 bits per heavy atom. The summed E-state index contributed by atoms with van der Waals surface area (Å²) in [5, 5.41) is 0. The number of methoxy groups -OCH3 is 1. The molecule has 1 aliphatic rings. The van der Waals surface area contributed by atoms with Crippen LogP contribution in [0.15, 0.2) is 0 Å². The van der Waals surface area contributed by atoms with E-state index in [9.17, 15) is 13.2 Å². The first kappa shape index (κ1) is 15.2. The van der Waals surface area contributed by atoms with Crippen LogP contribution >= 0.6 is 0 Å². The Hall–Kier alpha value is -0.860. The summed E-state index contributed by atoms with van der Waals surface area (Å²) < 4.78 is 32.0. The number of rotatable bonds is 4. The molecular weight excluding hydrogens is 258 g/mol.